The van der Waals surface area contributed by atoms with Gasteiger partial charge in [0.25, 0.3) is 0 Å². The Morgan fingerprint density at radius 1 is 0.880 bits per heavy atom. The van der Waals surface area contributed by atoms with Gasteiger partial charge in [0.05, 0.1) is 18.0 Å². The van der Waals surface area contributed by atoms with E-state index in [-0.39, 0.29) is 0 Å². The molecular formula is C18H20N6O. The highest BCUT2D eigenvalue weighted by atomic mass is 16.5. The number of ether oxygens (including phenoxy) is 1. The number of aryl methyl sites for hydroxylation is 1. The zero-order chi connectivity index (χ0) is 17.2. The fourth-order valence-electron chi connectivity index (χ4n) is 3.19. The van der Waals surface area contributed by atoms with Gasteiger partial charge in [0, 0.05) is 43.6 Å². The van der Waals surface area contributed by atoms with Gasteiger partial charge in [0.1, 0.15) is 18.5 Å². The molecule has 1 aromatic carbocycles. The molecule has 0 N–H and O–H groups in total. The summed E-state index contributed by atoms with van der Waals surface area (Å²) in [5.41, 5.74) is 3.05. The van der Waals surface area contributed by atoms with Crippen molar-refractivity contribution >= 4 is 22.4 Å². The predicted octanol–water partition coefficient (Wildman–Crippen LogP) is 2.06. The Bertz CT molecular complexity index is 892. The van der Waals surface area contributed by atoms with Crippen LogP contribution in [0.5, 0.6) is 5.88 Å². The number of fused-ring (bicyclic) bond motifs is 1. The Hall–Kier alpha value is -2.96. The molecule has 3 aromatic rings. The second-order valence-electron chi connectivity index (χ2n) is 6.08. The Labute approximate surface area is 146 Å². The topological polar surface area (TPSA) is 67.3 Å². The molecule has 0 atom stereocenters. The normalized spacial score (nSPS) is 14.8. The molecule has 7 heteroatoms. The number of hydrogen-bond acceptors (Lipinski definition) is 7. The van der Waals surface area contributed by atoms with Crippen LogP contribution in [0.4, 0.5) is 11.5 Å². The van der Waals surface area contributed by atoms with Crippen molar-refractivity contribution in [3.05, 3.63) is 42.6 Å². The molecule has 4 rings (SSSR count). The second kappa shape index (κ2) is 6.51. The third kappa shape index (κ3) is 3.05. The highest BCUT2D eigenvalue weighted by molar-refractivity contribution is 5.86. The number of anilines is 2. The Morgan fingerprint density at radius 3 is 2.40 bits per heavy atom. The number of piperazine rings is 1. The van der Waals surface area contributed by atoms with E-state index in [1.807, 2.05) is 19.1 Å². The smallest absolute Gasteiger partial charge is 0.224 e. The number of rotatable bonds is 3. The molecule has 0 spiro atoms. The largest absolute Gasteiger partial charge is 0.480 e. The molecule has 7 nitrogen and oxygen atoms in total. The van der Waals surface area contributed by atoms with Gasteiger partial charge in [-0.2, -0.15) is 0 Å². The Morgan fingerprint density at radius 2 is 1.64 bits per heavy atom. The Kier molecular flexibility index (Phi) is 4.05. The average molecular weight is 336 g/mol. The van der Waals surface area contributed by atoms with Crippen LogP contribution in [-0.2, 0) is 0 Å². The van der Waals surface area contributed by atoms with Crippen molar-refractivity contribution in [2.75, 3.05) is 43.1 Å². The first-order valence-corrected chi connectivity index (χ1v) is 8.32. The summed E-state index contributed by atoms with van der Waals surface area (Å²) in [6, 6.07) is 8.28. The molecule has 0 amide bonds. The van der Waals surface area contributed by atoms with E-state index in [1.54, 1.807) is 13.4 Å². The standard InChI is InChI=1S/C18H20N6O/c1-13-9-17(21-11-19-13)24-7-5-23(6-8-24)14-3-4-16-15(10-14)18(25-2)22-12-20-16/h3-4,9-12H,5-8H2,1-2H3. The van der Waals surface area contributed by atoms with Gasteiger partial charge in [-0.3, -0.25) is 0 Å². The van der Waals surface area contributed by atoms with Gasteiger partial charge in [0.15, 0.2) is 0 Å². The first kappa shape index (κ1) is 15.6. The number of methoxy groups -OCH3 is 1. The molecule has 1 aliphatic heterocycles. The van der Waals surface area contributed by atoms with Gasteiger partial charge in [-0.25, -0.2) is 19.9 Å². The lowest BCUT2D eigenvalue weighted by atomic mass is 10.2. The van der Waals surface area contributed by atoms with E-state index in [0.717, 1.165) is 48.6 Å². The minimum atomic E-state index is 0.613. The summed E-state index contributed by atoms with van der Waals surface area (Å²) >= 11 is 0. The van der Waals surface area contributed by atoms with E-state index in [1.165, 1.54) is 12.0 Å². The molecule has 25 heavy (non-hydrogen) atoms. The summed E-state index contributed by atoms with van der Waals surface area (Å²) in [4.78, 5) is 21.7. The number of hydrogen-bond donors (Lipinski definition) is 0. The summed E-state index contributed by atoms with van der Waals surface area (Å²) in [5, 5.41) is 0.941. The van der Waals surface area contributed by atoms with Crippen LogP contribution < -0.4 is 14.5 Å². The van der Waals surface area contributed by atoms with E-state index < -0.39 is 0 Å². The van der Waals surface area contributed by atoms with E-state index in [4.69, 9.17) is 4.74 Å². The zero-order valence-electron chi connectivity index (χ0n) is 14.4. The van der Waals surface area contributed by atoms with Crippen LogP contribution in [0.25, 0.3) is 10.9 Å². The molecule has 0 saturated carbocycles. The molecule has 0 radical (unpaired) electrons. The van der Waals surface area contributed by atoms with Crippen LogP contribution in [0.3, 0.4) is 0 Å². The summed E-state index contributed by atoms with van der Waals surface area (Å²) in [6.45, 7) is 5.72. The van der Waals surface area contributed by atoms with E-state index in [2.05, 4.69) is 41.9 Å². The lowest BCUT2D eigenvalue weighted by molar-refractivity contribution is 0.402. The maximum absolute atomic E-state index is 5.36. The maximum atomic E-state index is 5.36. The summed E-state index contributed by atoms with van der Waals surface area (Å²) < 4.78 is 5.36. The molecular weight excluding hydrogens is 316 g/mol. The summed E-state index contributed by atoms with van der Waals surface area (Å²) in [5.74, 6) is 1.61. The minimum Gasteiger partial charge on any atom is -0.480 e. The van der Waals surface area contributed by atoms with Crippen molar-refractivity contribution in [3.8, 4) is 5.88 Å². The monoisotopic (exact) mass is 336 g/mol. The number of nitrogens with zero attached hydrogens (tertiary/aromatic N) is 6. The van der Waals surface area contributed by atoms with Gasteiger partial charge in [0.2, 0.25) is 5.88 Å². The number of benzene rings is 1. The summed E-state index contributed by atoms with van der Waals surface area (Å²) in [7, 11) is 1.64. The van der Waals surface area contributed by atoms with Crippen LogP contribution in [0.15, 0.2) is 36.9 Å². The first-order chi connectivity index (χ1) is 12.2. The van der Waals surface area contributed by atoms with Crippen molar-refractivity contribution in [2.45, 2.75) is 6.92 Å². The van der Waals surface area contributed by atoms with Crippen LogP contribution >= 0.6 is 0 Å². The molecule has 1 saturated heterocycles. The second-order valence-corrected chi connectivity index (χ2v) is 6.08. The molecule has 128 valence electrons. The third-order valence-electron chi connectivity index (χ3n) is 4.53. The predicted molar refractivity (Wildman–Crippen MR) is 97.3 cm³/mol. The van der Waals surface area contributed by atoms with Crippen LogP contribution in [0.1, 0.15) is 5.69 Å². The first-order valence-electron chi connectivity index (χ1n) is 8.32. The van der Waals surface area contributed by atoms with Gasteiger partial charge in [-0.1, -0.05) is 0 Å². The molecule has 0 aliphatic carbocycles. The third-order valence-corrected chi connectivity index (χ3v) is 4.53. The lowest BCUT2D eigenvalue weighted by Gasteiger charge is -2.36. The molecule has 2 aromatic heterocycles. The molecule has 0 bridgehead atoms. The zero-order valence-corrected chi connectivity index (χ0v) is 14.4. The van der Waals surface area contributed by atoms with E-state index in [9.17, 15) is 0 Å². The fourth-order valence-corrected chi connectivity index (χ4v) is 3.19. The number of aromatic nitrogens is 4. The lowest BCUT2D eigenvalue weighted by Crippen LogP contribution is -2.46. The van der Waals surface area contributed by atoms with Crippen LogP contribution in [-0.4, -0.2) is 53.2 Å². The molecule has 3 heterocycles. The average Bonchev–Trinajstić information content (AvgIpc) is 2.67. The molecule has 1 fully saturated rings. The molecule has 0 unspecified atom stereocenters. The van der Waals surface area contributed by atoms with Crippen molar-refractivity contribution in [1.82, 2.24) is 19.9 Å². The van der Waals surface area contributed by atoms with Gasteiger partial charge in [-0.05, 0) is 25.1 Å². The highest BCUT2D eigenvalue weighted by Crippen LogP contribution is 2.27. The van der Waals surface area contributed by atoms with Gasteiger partial charge >= 0.3 is 0 Å². The maximum Gasteiger partial charge on any atom is 0.224 e. The van der Waals surface area contributed by atoms with E-state index in [0.29, 0.717) is 5.88 Å². The van der Waals surface area contributed by atoms with Crippen molar-refractivity contribution in [3.63, 3.8) is 0 Å². The van der Waals surface area contributed by atoms with Crippen LogP contribution in [0, 0.1) is 6.92 Å². The van der Waals surface area contributed by atoms with E-state index >= 15 is 0 Å². The van der Waals surface area contributed by atoms with Crippen molar-refractivity contribution in [2.24, 2.45) is 0 Å². The van der Waals surface area contributed by atoms with Crippen molar-refractivity contribution in [1.29, 1.82) is 0 Å². The molecule has 1 aliphatic rings. The minimum absolute atomic E-state index is 0.613. The van der Waals surface area contributed by atoms with Gasteiger partial charge in [-0.15, -0.1) is 0 Å². The SMILES string of the molecule is COc1ncnc2ccc(N3CCN(c4cc(C)ncn4)CC3)cc12. The summed E-state index contributed by atoms with van der Waals surface area (Å²) in [6.07, 6.45) is 3.16. The quantitative estimate of drug-likeness (QED) is 0.725. The fraction of sp³-hybridized carbons (Fsp3) is 0.333. The van der Waals surface area contributed by atoms with Crippen molar-refractivity contribution < 1.29 is 4.74 Å². The van der Waals surface area contributed by atoms with Crippen LogP contribution in [0.2, 0.25) is 0 Å². The highest BCUT2D eigenvalue weighted by Gasteiger charge is 2.19. The van der Waals surface area contributed by atoms with Gasteiger partial charge < -0.3 is 14.5 Å². The Balaban J connectivity index is 1.53.